The van der Waals surface area contributed by atoms with E-state index in [-0.39, 0.29) is 5.91 Å². The molecule has 0 spiro atoms. The number of carboxylic acid groups (broad SMARTS) is 1. The molecule has 25 heavy (non-hydrogen) atoms. The lowest BCUT2D eigenvalue weighted by molar-refractivity contribution is -0.155. The number of hydrogen-bond acceptors (Lipinski definition) is 3. The lowest BCUT2D eigenvalue weighted by atomic mass is 9.98. The number of piperidine rings is 1. The highest BCUT2D eigenvalue weighted by Gasteiger charge is 2.43. The van der Waals surface area contributed by atoms with E-state index < -0.39 is 23.8 Å². The molecule has 2 aliphatic heterocycles. The number of aliphatic carboxylic acids is 1. The quantitative estimate of drug-likeness (QED) is 0.812. The lowest BCUT2D eigenvalue weighted by Gasteiger charge is -2.34. The summed E-state index contributed by atoms with van der Waals surface area (Å²) in [5.41, 5.74) is 0.475. The zero-order valence-corrected chi connectivity index (χ0v) is 15.0. The summed E-state index contributed by atoms with van der Waals surface area (Å²) in [6.45, 7) is 0.721. The molecule has 2 heterocycles. The Morgan fingerprint density at radius 1 is 1.12 bits per heavy atom. The third kappa shape index (κ3) is 3.46. The molecule has 2 saturated heterocycles. The molecule has 1 unspecified atom stereocenters. The average Bonchev–Trinajstić information content (AvgIpc) is 2.97. The Labute approximate surface area is 155 Å². The van der Waals surface area contributed by atoms with E-state index in [0.717, 1.165) is 12.8 Å². The lowest BCUT2D eigenvalue weighted by Crippen LogP contribution is -2.51. The standard InChI is InChI=1S/C17H18Cl2N2O4/c18-10-4-5-12(19)14(9-10)21-8-6-11(16(21)23)15(22)20-7-2-1-3-13(20)17(24)25/h4-5,9,11,13H,1-3,6-8H2,(H,24,25)/t11?,13-/m1/s1. The van der Waals surface area contributed by atoms with Gasteiger partial charge in [0.1, 0.15) is 12.0 Å². The van der Waals surface area contributed by atoms with Crippen LogP contribution in [0.25, 0.3) is 0 Å². The number of halogens is 2. The number of likely N-dealkylation sites (tertiary alicyclic amines) is 1. The Bertz CT molecular complexity index is 725. The van der Waals surface area contributed by atoms with Gasteiger partial charge in [0.15, 0.2) is 0 Å². The second kappa shape index (κ2) is 7.22. The molecule has 3 rings (SSSR count). The van der Waals surface area contributed by atoms with Crippen LogP contribution < -0.4 is 4.90 Å². The molecule has 2 amide bonds. The first-order chi connectivity index (χ1) is 11.9. The number of carbonyl (C=O) groups excluding carboxylic acids is 2. The zero-order chi connectivity index (χ0) is 18.1. The van der Waals surface area contributed by atoms with Crippen molar-refractivity contribution in [3.05, 3.63) is 28.2 Å². The van der Waals surface area contributed by atoms with E-state index >= 15 is 0 Å². The predicted octanol–water partition coefficient (Wildman–Crippen LogP) is 2.81. The third-order valence-electron chi connectivity index (χ3n) is 4.77. The number of hydrogen-bond donors (Lipinski definition) is 1. The Balaban J connectivity index is 1.80. The van der Waals surface area contributed by atoms with Gasteiger partial charge in [-0.15, -0.1) is 0 Å². The van der Waals surface area contributed by atoms with E-state index in [0.29, 0.717) is 41.7 Å². The van der Waals surface area contributed by atoms with Crippen LogP contribution >= 0.6 is 23.2 Å². The van der Waals surface area contributed by atoms with Crippen molar-refractivity contribution >= 4 is 46.7 Å². The summed E-state index contributed by atoms with van der Waals surface area (Å²) in [7, 11) is 0. The van der Waals surface area contributed by atoms with E-state index in [2.05, 4.69) is 0 Å². The van der Waals surface area contributed by atoms with Crippen LogP contribution in [0.4, 0.5) is 5.69 Å². The minimum Gasteiger partial charge on any atom is -0.480 e. The van der Waals surface area contributed by atoms with Gasteiger partial charge in [-0.3, -0.25) is 9.59 Å². The Kier molecular flexibility index (Phi) is 5.20. The number of carboxylic acids is 1. The molecule has 2 fully saturated rings. The monoisotopic (exact) mass is 384 g/mol. The number of anilines is 1. The van der Waals surface area contributed by atoms with Gasteiger partial charge in [-0.25, -0.2) is 4.79 Å². The van der Waals surface area contributed by atoms with Crippen LogP contribution in [0.5, 0.6) is 0 Å². The predicted molar refractivity (Wildman–Crippen MR) is 93.9 cm³/mol. The van der Waals surface area contributed by atoms with E-state index in [4.69, 9.17) is 23.2 Å². The molecule has 0 aromatic heterocycles. The molecule has 8 heteroatoms. The molecule has 0 aliphatic carbocycles. The van der Waals surface area contributed by atoms with Gasteiger partial charge in [-0.05, 0) is 43.9 Å². The summed E-state index contributed by atoms with van der Waals surface area (Å²) in [6, 6.07) is 3.97. The molecule has 1 aromatic rings. The maximum absolute atomic E-state index is 12.8. The van der Waals surface area contributed by atoms with E-state index in [9.17, 15) is 19.5 Å². The second-order valence-corrected chi connectivity index (χ2v) is 7.15. The number of rotatable bonds is 3. The minimum absolute atomic E-state index is 0.337. The smallest absolute Gasteiger partial charge is 0.326 e. The van der Waals surface area contributed by atoms with Crippen LogP contribution in [0.2, 0.25) is 10.0 Å². The summed E-state index contributed by atoms with van der Waals surface area (Å²) in [4.78, 5) is 39.8. The molecule has 1 aromatic carbocycles. The summed E-state index contributed by atoms with van der Waals surface area (Å²) in [6.07, 6.45) is 2.28. The molecule has 2 atom stereocenters. The summed E-state index contributed by atoms with van der Waals surface area (Å²) >= 11 is 12.1. The van der Waals surface area contributed by atoms with Crippen molar-refractivity contribution in [2.45, 2.75) is 31.7 Å². The van der Waals surface area contributed by atoms with Gasteiger partial charge in [0.2, 0.25) is 11.8 Å². The molecular formula is C17H18Cl2N2O4. The highest BCUT2D eigenvalue weighted by molar-refractivity contribution is 6.36. The second-order valence-electron chi connectivity index (χ2n) is 6.31. The van der Waals surface area contributed by atoms with Gasteiger partial charge < -0.3 is 14.9 Å². The SMILES string of the molecule is O=C(O)[C@H]1CCCCN1C(=O)C1CCN(c2cc(Cl)ccc2Cl)C1=O. The first kappa shape index (κ1) is 18.0. The highest BCUT2D eigenvalue weighted by atomic mass is 35.5. The van der Waals surface area contributed by atoms with Gasteiger partial charge in [0, 0.05) is 18.1 Å². The van der Waals surface area contributed by atoms with Crippen LogP contribution in [-0.4, -0.2) is 46.9 Å². The van der Waals surface area contributed by atoms with Crippen LogP contribution in [-0.2, 0) is 14.4 Å². The molecule has 0 radical (unpaired) electrons. The van der Waals surface area contributed by atoms with Gasteiger partial charge in [-0.2, -0.15) is 0 Å². The fourth-order valence-electron chi connectivity index (χ4n) is 3.49. The van der Waals surface area contributed by atoms with Crippen molar-refractivity contribution in [2.24, 2.45) is 5.92 Å². The topological polar surface area (TPSA) is 77.9 Å². The Morgan fingerprint density at radius 2 is 1.88 bits per heavy atom. The summed E-state index contributed by atoms with van der Waals surface area (Å²) in [5, 5.41) is 10.2. The number of carbonyl (C=O) groups is 3. The van der Waals surface area contributed by atoms with Crippen LogP contribution in [0, 0.1) is 5.92 Å². The zero-order valence-electron chi connectivity index (χ0n) is 13.5. The highest BCUT2D eigenvalue weighted by Crippen LogP contribution is 2.34. The normalized spacial score (nSPS) is 23.8. The number of nitrogens with zero attached hydrogens (tertiary/aromatic N) is 2. The van der Waals surface area contributed by atoms with Crippen molar-refractivity contribution in [3.63, 3.8) is 0 Å². The van der Waals surface area contributed by atoms with E-state index in [1.54, 1.807) is 18.2 Å². The van der Waals surface area contributed by atoms with Crippen molar-refractivity contribution in [1.82, 2.24) is 4.90 Å². The maximum Gasteiger partial charge on any atom is 0.326 e. The molecule has 0 saturated carbocycles. The van der Waals surface area contributed by atoms with E-state index in [1.165, 1.54) is 9.80 Å². The minimum atomic E-state index is -1.02. The summed E-state index contributed by atoms with van der Waals surface area (Å²) in [5.74, 6) is -2.65. The third-order valence-corrected chi connectivity index (χ3v) is 5.33. The summed E-state index contributed by atoms with van der Waals surface area (Å²) < 4.78 is 0. The molecule has 6 nitrogen and oxygen atoms in total. The molecule has 2 aliphatic rings. The number of benzene rings is 1. The molecule has 134 valence electrons. The van der Waals surface area contributed by atoms with Crippen molar-refractivity contribution in [1.29, 1.82) is 0 Å². The fourth-order valence-corrected chi connectivity index (χ4v) is 3.88. The van der Waals surface area contributed by atoms with Crippen molar-refractivity contribution in [2.75, 3.05) is 18.0 Å². The average molecular weight is 385 g/mol. The van der Waals surface area contributed by atoms with Gasteiger partial charge in [0.25, 0.3) is 0 Å². The van der Waals surface area contributed by atoms with Crippen molar-refractivity contribution in [3.8, 4) is 0 Å². The Hall–Kier alpha value is -1.79. The largest absolute Gasteiger partial charge is 0.480 e. The van der Waals surface area contributed by atoms with Crippen LogP contribution in [0.15, 0.2) is 18.2 Å². The first-order valence-electron chi connectivity index (χ1n) is 8.20. The van der Waals surface area contributed by atoms with Gasteiger partial charge >= 0.3 is 5.97 Å². The Morgan fingerprint density at radius 3 is 2.60 bits per heavy atom. The van der Waals surface area contributed by atoms with Crippen molar-refractivity contribution < 1.29 is 19.5 Å². The van der Waals surface area contributed by atoms with Crippen LogP contribution in [0.1, 0.15) is 25.7 Å². The van der Waals surface area contributed by atoms with Gasteiger partial charge in [-0.1, -0.05) is 23.2 Å². The number of amides is 2. The maximum atomic E-state index is 12.8. The van der Waals surface area contributed by atoms with Crippen LogP contribution in [0.3, 0.4) is 0 Å². The molecular weight excluding hydrogens is 367 g/mol. The first-order valence-corrected chi connectivity index (χ1v) is 8.95. The fraction of sp³-hybridized carbons (Fsp3) is 0.471. The van der Waals surface area contributed by atoms with E-state index in [1.807, 2.05) is 0 Å². The van der Waals surface area contributed by atoms with Gasteiger partial charge in [0.05, 0.1) is 10.7 Å². The molecule has 1 N–H and O–H groups in total. The molecule has 0 bridgehead atoms.